The minimum Gasteiger partial charge on any atom is -0.357 e. The molecule has 4 rings (SSSR count). The highest BCUT2D eigenvalue weighted by Gasteiger charge is 2.25. The number of fused-ring (bicyclic) bond motifs is 1. The number of para-hydroxylation sites is 1. The monoisotopic (exact) mass is 290 g/mol. The molecule has 0 radical (unpaired) electrons. The molecule has 0 saturated carbocycles. The molecule has 0 aliphatic carbocycles. The van der Waals surface area contributed by atoms with Gasteiger partial charge in [0.15, 0.2) is 0 Å². The molecular weight excluding hydrogens is 268 g/mol. The Balaban J connectivity index is 1.62. The predicted molar refractivity (Wildman–Crippen MR) is 91.7 cm³/mol. The molecular formula is C20H22N2. The third-order valence-corrected chi connectivity index (χ3v) is 4.75. The zero-order valence-electron chi connectivity index (χ0n) is 12.8. The number of nitrogens with one attached hydrogen (secondary N) is 1. The number of hydrogen-bond acceptors (Lipinski definition) is 1. The van der Waals surface area contributed by atoms with Gasteiger partial charge in [-0.3, -0.25) is 4.90 Å². The van der Waals surface area contributed by atoms with Crippen molar-refractivity contribution in [2.24, 2.45) is 0 Å². The number of rotatable bonds is 3. The van der Waals surface area contributed by atoms with Gasteiger partial charge >= 0.3 is 0 Å². The number of H-pyrrole nitrogens is 1. The number of hydrogen-bond donors (Lipinski definition) is 1. The summed E-state index contributed by atoms with van der Waals surface area (Å²) in [6.07, 6.45) is 3.88. The molecule has 22 heavy (non-hydrogen) atoms. The molecule has 1 saturated heterocycles. The van der Waals surface area contributed by atoms with E-state index in [9.17, 15) is 0 Å². The van der Waals surface area contributed by atoms with E-state index in [4.69, 9.17) is 0 Å². The lowest BCUT2D eigenvalue weighted by Crippen LogP contribution is -2.33. The Labute approximate surface area is 131 Å². The van der Waals surface area contributed by atoms with E-state index in [1.165, 1.54) is 48.0 Å². The number of likely N-dealkylation sites (tertiary alicyclic amines) is 1. The van der Waals surface area contributed by atoms with Crippen LogP contribution in [-0.4, -0.2) is 16.4 Å². The summed E-state index contributed by atoms with van der Waals surface area (Å²) in [4.78, 5) is 6.27. The third-order valence-electron chi connectivity index (χ3n) is 4.75. The van der Waals surface area contributed by atoms with Crippen LogP contribution in [0.2, 0.25) is 0 Å². The van der Waals surface area contributed by atoms with Gasteiger partial charge in [0.25, 0.3) is 0 Å². The number of aromatic amines is 1. The van der Waals surface area contributed by atoms with Gasteiger partial charge in [-0.2, -0.15) is 0 Å². The highest BCUT2D eigenvalue weighted by molar-refractivity contribution is 5.80. The van der Waals surface area contributed by atoms with Crippen molar-refractivity contribution in [3.63, 3.8) is 0 Å². The zero-order valence-corrected chi connectivity index (χ0v) is 12.8. The van der Waals surface area contributed by atoms with Crippen molar-refractivity contribution in [2.75, 3.05) is 6.54 Å². The Hall–Kier alpha value is -2.06. The number of aromatic nitrogens is 1. The second kappa shape index (κ2) is 5.98. The topological polar surface area (TPSA) is 19.0 Å². The first-order valence-corrected chi connectivity index (χ1v) is 8.26. The van der Waals surface area contributed by atoms with Crippen molar-refractivity contribution in [1.29, 1.82) is 0 Å². The second-order valence-electron chi connectivity index (χ2n) is 6.28. The van der Waals surface area contributed by atoms with Crippen LogP contribution in [0.25, 0.3) is 10.9 Å². The van der Waals surface area contributed by atoms with Crippen molar-refractivity contribution in [3.05, 3.63) is 71.9 Å². The van der Waals surface area contributed by atoms with Crippen LogP contribution in [0.3, 0.4) is 0 Å². The maximum atomic E-state index is 3.64. The maximum Gasteiger partial charge on any atom is 0.0502 e. The van der Waals surface area contributed by atoms with Crippen LogP contribution in [0.4, 0.5) is 0 Å². The van der Waals surface area contributed by atoms with Crippen molar-refractivity contribution in [1.82, 2.24) is 9.88 Å². The lowest BCUT2D eigenvalue weighted by atomic mass is 9.98. The van der Waals surface area contributed by atoms with Crippen LogP contribution in [-0.2, 0) is 6.54 Å². The Morgan fingerprint density at radius 2 is 1.77 bits per heavy atom. The Morgan fingerprint density at radius 1 is 0.955 bits per heavy atom. The summed E-state index contributed by atoms with van der Waals surface area (Å²) in [6, 6.07) is 22.3. The van der Waals surface area contributed by atoms with E-state index in [0.29, 0.717) is 6.04 Å². The number of piperidine rings is 1. The fourth-order valence-electron chi connectivity index (χ4n) is 3.63. The average Bonchev–Trinajstić information content (AvgIpc) is 3.00. The van der Waals surface area contributed by atoms with E-state index in [2.05, 4.69) is 70.5 Å². The van der Waals surface area contributed by atoms with Gasteiger partial charge in [-0.15, -0.1) is 0 Å². The molecule has 1 atom stereocenters. The number of benzene rings is 2. The predicted octanol–water partition coefficient (Wildman–Crippen LogP) is 4.90. The summed E-state index contributed by atoms with van der Waals surface area (Å²) < 4.78 is 0. The Kier molecular flexibility index (Phi) is 3.69. The lowest BCUT2D eigenvalue weighted by molar-refractivity contribution is 0.138. The average molecular weight is 290 g/mol. The van der Waals surface area contributed by atoms with Crippen LogP contribution in [0.15, 0.2) is 60.7 Å². The van der Waals surface area contributed by atoms with Crippen LogP contribution in [0.5, 0.6) is 0 Å². The van der Waals surface area contributed by atoms with Gasteiger partial charge in [0.1, 0.15) is 0 Å². The van der Waals surface area contributed by atoms with E-state index in [1.54, 1.807) is 0 Å². The Morgan fingerprint density at radius 3 is 2.64 bits per heavy atom. The van der Waals surface area contributed by atoms with Gasteiger partial charge in [0.05, 0.1) is 6.04 Å². The van der Waals surface area contributed by atoms with E-state index in [-0.39, 0.29) is 0 Å². The minimum atomic E-state index is 0.515. The minimum absolute atomic E-state index is 0.515. The molecule has 1 N–H and O–H groups in total. The molecule has 0 bridgehead atoms. The van der Waals surface area contributed by atoms with Gasteiger partial charge in [-0.1, -0.05) is 55.0 Å². The van der Waals surface area contributed by atoms with Gasteiger partial charge in [0.2, 0.25) is 0 Å². The molecule has 1 aromatic heterocycles. The summed E-state index contributed by atoms with van der Waals surface area (Å²) in [5, 5.41) is 1.32. The van der Waals surface area contributed by atoms with Crippen molar-refractivity contribution >= 4 is 10.9 Å². The van der Waals surface area contributed by atoms with E-state index in [0.717, 1.165) is 6.54 Å². The lowest BCUT2D eigenvalue weighted by Gasteiger charge is -2.35. The normalized spacial score (nSPS) is 19.5. The summed E-state index contributed by atoms with van der Waals surface area (Å²) in [5.74, 6) is 0. The molecule has 1 aliphatic heterocycles. The first-order valence-electron chi connectivity index (χ1n) is 8.26. The second-order valence-corrected chi connectivity index (χ2v) is 6.28. The van der Waals surface area contributed by atoms with Crippen LogP contribution >= 0.6 is 0 Å². The van der Waals surface area contributed by atoms with Gasteiger partial charge in [-0.25, -0.2) is 0 Å². The summed E-state index contributed by atoms with van der Waals surface area (Å²) in [5.41, 5.74) is 4.03. The molecule has 2 aromatic carbocycles. The van der Waals surface area contributed by atoms with Gasteiger partial charge in [-0.05, 0) is 42.5 Å². The van der Waals surface area contributed by atoms with Crippen molar-refractivity contribution in [2.45, 2.75) is 31.8 Å². The first-order chi connectivity index (χ1) is 10.9. The van der Waals surface area contributed by atoms with Gasteiger partial charge < -0.3 is 4.98 Å². The third kappa shape index (κ3) is 2.67. The van der Waals surface area contributed by atoms with Crippen LogP contribution < -0.4 is 0 Å². The molecule has 2 heteroatoms. The molecule has 112 valence electrons. The SMILES string of the molecule is c1ccc(CN2CCCCC2c2cc3ccccc3[nH]2)cc1. The maximum absolute atomic E-state index is 3.64. The largest absolute Gasteiger partial charge is 0.357 e. The number of nitrogens with zero attached hydrogens (tertiary/aromatic N) is 1. The highest BCUT2D eigenvalue weighted by atomic mass is 15.2. The molecule has 2 heterocycles. The van der Waals surface area contributed by atoms with E-state index in [1.807, 2.05) is 0 Å². The molecule has 0 spiro atoms. The summed E-state index contributed by atoms with van der Waals surface area (Å²) in [6.45, 7) is 2.23. The molecule has 2 nitrogen and oxygen atoms in total. The molecule has 1 fully saturated rings. The fraction of sp³-hybridized carbons (Fsp3) is 0.300. The Bertz CT molecular complexity index is 712. The standard InChI is InChI=1S/C20H22N2/c1-2-8-16(9-3-1)15-22-13-7-6-12-20(22)19-14-17-10-4-5-11-18(17)21-19/h1-5,8-11,14,20-21H,6-7,12-13,15H2. The van der Waals surface area contributed by atoms with E-state index < -0.39 is 0 Å². The highest BCUT2D eigenvalue weighted by Crippen LogP contribution is 2.33. The molecule has 3 aromatic rings. The summed E-state index contributed by atoms with van der Waals surface area (Å²) in [7, 11) is 0. The summed E-state index contributed by atoms with van der Waals surface area (Å²) >= 11 is 0. The fourth-order valence-corrected chi connectivity index (χ4v) is 3.63. The zero-order chi connectivity index (χ0) is 14.8. The van der Waals surface area contributed by atoms with Crippen LogP contribution in [0.1, 0.15) is 36.6 Å². The quantitative estimate of drug-likeness (QED) is 0.727. The van der Waals surface area contributed by atoms with Gasteiger partial charge in [0, 0.05) is 17.8 Å². The molecule has 0 amide bonds. The van der Waals surface area contributed by atoms with Crippen LogP contribution in [0, 0.1) is 0 Å². The van der Waals surface area contributed by atoms with Crippen molar-refractivity contribution < 1.29 is 0 Å². The first kappa shape index (κ1) is 13.6. The van der Waals surface area contributed by atoms with Crippen molar-refractivity contribution in [3.8, 4) is 0 Å². The molecule has 1 aliphatic rings. The molecule has 1 unspecified atom stereocenters. The van der Waals surface area contributed by atoms with E-state index >= 15 is 0 Å². The smallest absolute Gasteiger partial charge is 0.0502 e.